The van der Waals surface area contributed by atoms with Crippen LogP contribution in [0.3, 0.4) is 0 Å². The predicted octanol–water partition coefficient (Wildman–Crippen LogP) is 1.04. The zero-order valence-corrected chi connectivity index (χ0v) is 8.30. The first-order valence-electron chi connectivity index (χ1n) is 5.23. The zero-order chi connectivity index (χ0) is 10.4. The summed E-state index contributed by atoms with van der Waals surface area (Å²) in [5.41, 5.74) is 0. The molecule has 0 radical (unpaired) electrons. The summed E-state index contributed by atoms with van der Waals surface area (Å²) in [6, 6.07) is 3.84. The average molecular weight is 207 g/mol. The molecule has 1 aromatic rings. The second kappa shape index (κ2) is 3.10. The molecule has 2 unspecified atom stereocenters. The molecule has 4 heteroatoms. The summed E-state index contributed by atoms with van der Waals surface area (Å²) < 4.78 is 5.26. The van der Waals surface area contributed by atoms with Crippen LogP contribution in [-0.4, -0.2) is 29.1 Å². The molecule has 1 aliphatic carbocycles. The van der Waals surface area contributed by atoms with Crippen LogP contribution in [0.4, 0.5) is 0 Å². The van der Waals surface area contributed by atoms with E-state index >= 15 is 0 Å². The molecule has 3 rings (SSSR count). The zero-order valence-electron chi connectivity index (χ0n) is 8.30. The highest BCUT2D eigenvalue weighted by atomic mass is 16.4. The number of hydrogen-bond acceptors (Lipinski definition) is 3. The predicted molar refractivity (Wildman–Crippen MR) is 52.1 cm³/mol. The molecule has 1 aromatic heterocycles. The van der Waals surface area contributed by atoms with Crippen molar-refractivity contribution in [2.45, 2.75) is 6.54 Å². The van der Waals surface area contributed by atoms with Crippen LogP contribution < -0.4 is 0 Å². The van der Waals surface area contributed by atoms with Crippen molar-refractivity contribution in [1.29, 1.82) is 0 Å². The topological polar surface area (TPSA) is 53.7 Å². The number of likely N-dealkylation sites (tertiary alicyclic amines) is 1. The van der Waals surface area contributed by atoms with Crippen LogP contribution in [0.1, 0.15) is 5.76 Å². The number of piperidine rings is 1. The molecule has 2 aliphatic rings. The van der Waals surface area contributed by atoms with Crippen molar-refractivity contribution in [3.63, 3.8) is 0 Å². The number of carboxylic acid groups (broad SMARTS) is 1. The molecule has 2 heterocycles. The minimum absolute atomic E-state index is 0.0714. The van der Waals surface area contributed by atoms with E-state index in [2.05, 4.69) is 4.90 Å². The fraction of sp³-hybridized carbons (Fsp3) is 0.545. The van der Waals surface area contributed by atoms with Crippen LogP contribution >= 0.6 is 0 Å². The Morgan fingerprint density at radius 2 is 2.27 bits per heavy atom. The van der Waals surface area contributed by atoms with E-state index in [4.69, 9.17) is 9.52 Å². The molecule has 1 saturated heterocycles. The second-order valence-electron chi connectivity index (χ2n) is 4.47. The van der Waals surface area contributed by atoms with Gasteiger partial charge in [-0.25, -0.2) is 0 Å². The summed E-state index contributed by atoms with van der Waals surface area (Å²) in [7, 11) is 0. The maximum Gasteiger partial charge on any atom is 0.307 e. The molecule has 0 aromatic carbocycles. The Labute approximate surface area is 87.5 Å². The minimum Gasteiger partial charge on any atom is -0.481 e. The summed E-state index contributed by atoms with van der Waals surface area (Å²) in [6.07, 6.45) is 1.67. The van der Waals surface area contributed by atoms with Gasteiger partial charge in [-0.3, -0.25) is 9.69 Å². The van der Waals surface area contributed by atoms with Gasteiger partial charge in [-0.2, -0.15) is 0 Å². The van der Waals surface area contributed by atoms with E-state index in [9.17, 15) is 4.79 Å². The quantitative estimate of drug-likeness (QED) is 0.804. The Morgan fingerprint density at radius 3 is 2.80 bits per heavy atom. The van der Waals surface area contributed by atoms with Crippen LogP contribution in [0.25, 0.3) is 0 Å². The van der Waals surface area contributed by atoms with Gasteiger partial charge in [0.15, 0.2) is 0 Å². The summed E-state index contributed by atoms with van der Waals surface area (Å²) in [5, 5.41) is 8.86. The van der Waals surface area contributed by atoms with E-state index in [-0.39, 0.29) is 5.92 Å². The Morgan fingerprint density at radius 1 is 1.53 bits per heavy atom. The lowest BCUT2D eigenvalue weighted by atomic mass is 10.2. The van der Waals surface area contributed by atoms with Crippen LogP contribution in [0.2, 0.25) is 0 Å². The molecule has 4 nitrogen and oxygen atoms in total. The standard InChI is InChI=1S/C11H13NO3/c13-11(14)10-8-5-12(6-9(8)10)4-7-2-1-3-15-7/h1-3,8-10H,4-6H2,(H,13,14). The number of rotatable bonds is 3. The first-order valence-corrected chi connectivity index (χ1v) is 5.23. The number of aliphatic carboxylic acids is 1. The van der Waals surface area contributed by atoms with Crippen LogP contribution in [0, 0.1) is 17.8 Å². The highest BCUT2D eigenvalue weighted by Gasteiger charge is 2.59. The Bertz CT molecular complexity index is 361. The molecule has 0 amide bonds. The number of carboxylic acids is 1. The van der Waals surface area contributed by atoms with Crippen LogP contribution in [0.15, 0.2) is 22.8 Å². The number of hydrogen-bond donors (Lipinski definition) is 1. The van der Waals surface area contributed by atoms with Gasteiger partial charge in [0.1, 0.15) is 5.76 Å². The lowest BCUT2D eigenvalue weighted by molar-refractivity contribution is -0.139. The molecule has 1 N–H and O–H groups in total. The molecular formula is C11H13NO3. The van der Waals surface area contributed by atoms with Gasteiger partial charge in [0.2, 0.25) is 0 Å². The summed E-state index contributed by atoms with van der Waals surface area (Å²) in [6.45, 7) is 2.62. The van der Waals surface area contributed by atoms with Gasteiger partial charge >= 0.3 is 5.97 Å². The van der Waals surface area contributed by atoms with Crippen molar-refractivity contribution in [1.82, 2.24) is 4.90 Å². The molecule has 80 valence electrons. The third kappa shape index (κ3) is 1.45. The van der Waals surface area contributed by atoms with E-state index in [0.717, 1.165) is 25.4 Å². The summed E-state index contributed by atoms with van der Waals surface area (Å²) in [4.78, 5) is 13.0. The lowest BCUT2D eigenvalue weighted by Gasteiger charge is -2.16. The maximum absolute atomic E-state index is 10.8. The Hall–Kier alpha value is -1.29. The molecule has 1 aliphatic heterocycles. The minimum atomic E-state index is -0.623. The Balaban J connectivity index is 1.56. The molecule has 0 bridgehead atoms. The van der Waals surface area contributed by atoms with Crippen molar-refractivity contribution < 1.29 is 14.3 Å². The molecular weight excluding hydrogens is 194 g/mol. The lowest BCUT2D eigenvalue weighted by Crippen LogP contribution is -2.25. The van der Waals surface area contributed by atoms with Crippen molar-refractivity contribution in [2.24, 2.45) is 17.8 Å². The number of nitrogens with zero attached hydrogens (tertiary/aromatic N) is 1. The third-order valence-electron chi connectivity index (χ3n) is 3.51. The SMILES string of the molecule is O=C(O)C1C2CN(Cc3ccco3)CC21. The van der Waals surface area contributed by atoms with Crippen LogP contribution in [-0.2, 0) is 11.3 Å². The smallest absolute Gasteiger partial charge is 0.307 e. The normalized spacial score (nSPS) is 34.0. The monoisotopic (exact) mass is 207 g/mol. The van der Waals surface area contributed by atoms with Gasteiger partial charge in [0, 0.05) is 13.1 Å². The molecule has 2 atom stereocenters. The van der Waals surface area contributed by atoms with E-state index in [1.165, 1.54) is 0 Å². The number of fused-ring (bicyclic) bond motifs is 1. The van der Waals surface area contributed by atoms with E-state index in [1.54, 1.807) is 6.26 Å². The van der Waals surface area contributed by atoms with Crippen molar-refractivity contribution in [2.75, 3.05) is 13.1 Å². The second-order valence-corrected chi connectivity index (χ2v) is 4.47. The summed E-state index contributed by atoms with van der Waals surface area (Å²) >= 11 is 0. The Kier molecular flexibility index (Phi) is 1.85. The van der Waals surface area contributed by atoms with Gasteiger partial charge < -0.3 is 9.52 Å². The highest BCUT2D eigenvalue weighted by Crippen LogP contribution is 2.51. The number of carbonyl (C=O) groups is 1. The van der Waals surface area contributed by atoms with Crippen LogP contribution in [0.5, 0.6) is 0 Å². The number of furan rings is 1. The highest BCUT2D eigenvalue weighted by molar-refractivity contribution is 5.74. The van der Waals surface area contributed by atoms with Crippen molar-refractivity contribution >= 4 is 5.97 Å². The first kappa shape index (κ1) is 8.97. The fourth-order valence-corrected chi connectivity index (χ4v) is 2.73. The fourth-order valence-electron chi connectivity index (χ4n) is 2.73. The average Bonchev–Trinajstić information content (AvgIpc) is 2.63. The molecule has 1 saturated carbocycles. The van der Waals surface area contributed by atoms with Gasteiger partial charge in [-0.1, -0.05) is 0 Å². The van der Waals surface area contributed by atoms with Gasteiger partial charge in [-0.05, 0) is 24.0 Å². The molecule has 0 spiro atoms. The van der Waals surface area contributed by atoms with Gasteiger partial charge in [-0.15, -0.1) is 0 Å². The summed E-state index contributed by atoms with van der Waals surface area (Å²) in [5.74, 6) is 1.04. The third-order valence-corrected chi connectivity index (χ3v) is 3.51. The van der Waals surface area contributed by atoms with E-state index in [1.807, 2.05) is 12.1 Å². The van der Waals surface area contributed by atoms with E-state index < -0.39 is 5.97 Å². The van der Waals surface area contributed by atoms with Crippen molar-refractivity contribution in [3.05, 3.63) is 24.2 Å². The largest absolute Gasteiger partial charge is 0.481 e. The molecule has 15 heavy (non-hydrogen) atoms. The van der Waals surface area contributed by atoms with Crippen molar-refractivity contribution in [3.8, 4) is 0 Å². The first-order chi connectivity index (χ1) is 7.25. The van der Waals surface area contributed by atoms with E-state index in [0.29, 0.717) is 11.8 Å². The maximum atomic E-state index is 10.8. The van der Waals surface area contributed by atoms with Gasteiger partial charge in [0.25, 0.3) is 0 Å². The van der Waals surface area contributed by atoms with Gasteiger partial charge in [0.05, 0.1) is 18.7 Å². The molecule has 2 fully saturated rings.